The Hall–Kier alpha value is -2.94. The van der Waals surface area contributed by atoms with E-state index < -0.39 is 21.6 Å². The predicted molar refractivity (Wildman–Crippen MR) is 95.4 cm³/mol. The molecule has 0 aliphatic rings. The van der Waals surface area contributed by atoms with E-state index in [1.54, 1.807) is 12.1 Å². The molecule has 0 aliphatic heterocycles. The molecule has 0 atom stereocenters. The number of aromatic nitrogens is 2. The van der Waals surface area contributed by atoms with E-state index in [0.717, 1.165) is 18.4 Å². The van der Waals surface area contributed by atoms with Gasteiger partial charge in [0.2, 0.25) is 0 Å². The minimum absolute atomic E-state index is 0.0992. The van der Waals surface area contributed by atoms with Crippen molar-refractivity contribution in [3.05, 3.63) is 60.2 Å². The average molecular weight is 393 g/mol. The Kier molecular flexibility index (Phi) is 4.64. The molecule has 1 heterocycles. The standard InChI is InChI=1S/C18H14F3N3O2S/c1-27(25,26)14-4-2-3-12(9-14)17-23-15(10-16(22)24-17)11-5-7-13(8-6-11)18(19,20)21/h2-10H,1H3,(H2,22,23,24). The first kappa shape index (κ1) is 18.8. The van der Waals surface area contributed by atoms with Crippen LogP contribution >= 0.6 is 0 Å². The van der Waals surface area contributed by atoms with Crippen LogP contribution in [0, 0.1) is 0 Å². The van der Waals surface area contributed by atoms with Gasteiger partial charge in [-0.15, -0.1) is 0 Å². The fourth-order valence-electron chi connectivity index (χ4n) is 2.44. The number of hydrogen-bond donors (Lipinski definition) is 1. The van der Waals surface area contributed by atoms with Gasteiger partial charge in [-0.25, -0.2) is 18.4 Å². The van der Waals surface area contributed by atoms with Crippen molar-refractivity contribution < 1.29 is 21.6 Å². The maximum absolute atomic E-state index is 12.7. The molecular formula is C18H14F3N3O2S. The summed E-state index contributed by atoms with van der Waals surface area (Å²) in [7, 11) is -3.42. The number of halogens is 3. The van der Waals surface area contributed by atoms with E-state index >= 15 is 0 Å². The molecule has 27 heavy (non-hydrogen) atoms. The summed E-state index contributed by atoms with van der Waals surface area (Å²) < 4.78 is 61.6. The number of nitrogens with zero attached hydrogens (tertiary/aromatic N) is 2. The second-order valence-corrected chi connectivity index (χ2v) is 7.89. The van der Waals surface area contributed by atoms with Gasteiger partial charge >= 0.3 is 6.18 Å². The Morgan fingerprint density at radius 1 is 0.926 bits per heavy atom. The lowest BCUT2D eigenvalue weighted by molar-refractivity contribution is -0.137. The van der Waals surface area contributed by atoms with Crippen LogP contribution in [0.25, 0.3) is 22.6 Å². The first-order valence-electron chi connectivity index (χ1n) is 7.67. The molecule has 0 fully saturated rings. The summed E-state index contributed by atoms with van der Waals surface area (Å²) in [4.78, 5) is 8.52. The zero-order valence-corrected chi connectivity index (χ0v) is 14.8. The minimum atomic E-state index is -4.43. The predicted octanol–water partition coefficient (Wildman–Crippen LogP) is 3.82. The summed E-state index contributed by atoms with van der Waals surface area (Å²) in [5, 5.41) is 0. The Morgan fingerprint density at radius 3 is 2.19 bits per heavy atom. The van der Waals surface area contributed by atoms with E-state index in [2.05, 4.69) is 9.97 Å². The normalized spacial score (nSPS) is 12.1. The van der Waals surface area contributed by atoms with Crippen LogP contribution in [0.1, 0.15) is 5.56 Å². The summed E-state index contributed by atoms with van der Waals surface area (Å²) in [6.45, 7) is 0. The average Bonchev–Trinajstić information content (AvgIpc) is 2.60. The van der Waals surface area contributed by atoms with Crippen molar-refractivity contribution in [2.24, 2.45) is 0 Å². The van der Waals surface area contributed by atoms with Gasteiger partial charge < -0.3 is 5.73 Å². The highest BCUT2D eigenvalue weighted by atomic mass is 32.2. The van der Waals surface area contributed by atoms with E-state index in [0.29, 0.717) is 16.8 Å². The summed E-state index contributed by atoms with van der Waals surface area (Å²) >= 11 is 0. The van der Waals surface area contributed by atoms with E-state index in [-0.39, 0.29) is 16.5 Å². The van der Waals surface area contributed by atoms with E-state index in [1.807, 2.05) is 0 Å². The molecule has 0 saturated heterocycles. The van der Waals surface area contributed by atoms with Crippen molar-refractivity contribution in [2.45, 2.75) is 11.1 Å². The fourth-order valence-corrected chi connectivity index (χ4v) is 3.11. The molecule has 2 aromatic carbocycles. The van der Waals surface area contributed by atoms with Gasteiger partial charge in [0.15, 0.2) is 15.7 Å². The number of hydrogen-bond acceptors (Lipinski definition) is 5. The van der Waals surface area contributed by atoms with Crippen LogP contribution in [-0.4, -0.2) is 24.6 Å². The zero-order chi connectivity index (χ0) is 19.8. The second-order valence-electron chi connectivity index (χ2n) is 5.88. The van der Waals surface area contributed by atoms with Gasteiger partial charge in [0, 0.05) is 23.4 Å². The molecule has 0 aliphatic carbocycles. The monoisotopic (exact) mass is 393 g/mol. The number of alkyl halides is 3. The van der Waals surface area contributed by atoms with Crippen LogP contribution in [0.15, 0.2) is 59.5 Å². The second kappa shape index (κ2) is 6.66. The van der Waals surface area contributed by atoms with Crippen molar-refractivity contribution in [2.75, 3.05) is 12.0 Å². The molecule has 2 N–H and O–H groups in total. The molecule has 0 amide bonds. The van der Waals surface area contributed by atoms with Crippen LogP contribution in [0.2, 0.25) is 0 Å². The highest BCUT2D eigenvalue weighted by molar-refractivity contribution is 7.90. The van der Waals surface area contributed by atoms with Crippen LogP contribution in [0.5, 0.6) is 0 Å². The van der Waals surface area contributed by atoms with Crippen molar-refractivity contribution in [3.8, 4) is 22.6 Å². The van der Waals surface area contributed by atoms with E-state index in [9.17, 15) is 21.6 Å². The number of nitrogens with two attached hydrogens (primary N) is 1. The number of rotatable bonds is 3. The molecule has 3 rings (SSSR count). The quantitative estimate of drug-likeness (QED) is 0.731. The summed E-state index contributed by atoms with van der Waals surface area (Å²) in [6.07, 6.45) is -3.35. The van der Waals surface area contributed by atoms with Crippen LogP contribution in [-0.2, 0) is 16.0 Å². The molecule has 0 bridgehead atoms. The number of benzene rings is 2. The molecule has 9 heteroatoms. The van der Waals surface area contributed by atoms with Gasteiger partial charge in [0.1, 0.15) is 5.82 Å². The molecular weight excluding hydrogens is 379 g/mol. The van der Waals surface area contributed by atoms with Crippen molar-refractivity contribution >= 4 is 15.7 Å². The number of anilines is 1. The molecule has 5 nitrogen and oxygen atoms in total. The van der Waals surface area contributed by atoms with Crippen molar-refractivity contribution in [3.63, 3.8) is 0 Å². The first-order valence-corrected chi connectivity index (χ1v) is 9.56. The third kappa shape index (κ3) is 4.25. The number of nitrogen functional groups attached to an aromatic ring is 1. The van der Waals surface area contributed by atoms with Crippen LogP contribution in [0.4, 0.5) is 19.0 Å². The van der Waals surface area contributed by atoms with E-state index in [1.165, 1.54) is 30.3 Å². The summed E-state index contributed by atoms with van der Waals surface area (Å²) in [6, 6.07) is 12.0. The topological polar surface area (TPSA) is 85.9 Å². The minimum Gasteiger partial charge on any atom is -0.384 e. The van der Waals surface area contributed by atoms with Gasteiger partial charge in [-0.3, -0.25) is 0 Å². The molecule has 0 spiro atoms. The lowest BCUT2D eigenvalue weighted by Crippen LogP contribution is -2.04. The Balaban J connectivity index is 2.05. The van der Waals surface area contributed by atoms with E-state index in [4.69, 9.17) is 5.73 Å². The fraction of sp³-hybridized carbons (Fsp3) is 0.111. The van der Waals surface area contributed by atoms with Gasteiger partial charge in [0.05, 0.1) is 16.2 Å². The van der Waals surface area contributed by atoms with Crippen molar-refractivity contribution in [1.29, 1.82) is 0 Å². The first-order chi connectivity index (χ1) is 12.5. The van der Waals surface area contributed by atoms with Gasteiger partial charge in [-0.1, -0.05) is 24.3 Å². The summed E-state index contributed by atoms with van der Waals surface area (Å²) in [5.74, 6) is 0.287. The summed E-state index contributed by atoms with van der Waals surface area (Å²) in [5.41, 5.74) is 6.23. The SMILES string of the molecule is CS(=O)(=O)c1cccc(-c2nc(N)cc(-c3ccc(C(F)(F)F)cc3)n2)c1. The van der Waals surface area contributed by atoms with Gasteiger partial charge in [-0.05, 0) is 24.3 Å². The van der Waals surface area contributed by atoms with Crippen LogP contribution < -0.4 is 5.73 Å². The van der Waals surface area contributed by atoms with Crippen LogP contribution in [0.3, 0.4) is 0 Å². The molecule has 3 aromatic rings. The number of sulfone groups is 1. The molecule has 140 valence electrons. The largest absolute Gasteiger partial charge is 0.416 e. The third-order valence-corrected chi connectivity index (χ3v) is 4.88. The maximum Gasteiger partial charge on any atom is 0.416 e. The highest BCUT2D eigenvalue weighted by Crippen LogP contribution is 2.31. The lowest BCUT2D eigenvalue weighted by Gasteiger charge is -2.09. The van der Waals surface area contributed by atoms with Crippen molar-refractivity contribution in [1.82, 2.24) is 9.97 Å². The lowest BCUT2D eigenvalue weighted by atomic mass is 10.1. The Morgan fingerprint density at radius 2 is 1.59 bits per heavy atom. The van der Waals surface area contributed by atoms with Gasteiger partial charge in [0.25, 0.3) is 0 Å². The smallest absolute Gasteiger partial charge is 0.384 e. The molecule has 0 radical (unpaired) electrons. The third-order valence-electron chi connectivity index (χ3n) is 3.77. The van der Waals surface area contributed by atoms with Gasteiger partial charge in [-0.2, -0.15) is 13.2 Å². The Bertz CT molecular complexity index is 1100. The Labute approximate surface area is 153 Å². The molecule has 1 aromatic heterocycles. The zero-order valence-electron chi connectivity index (χ0n) is 14.0. The highest BCUT2D eigenvalue weighted by Gasteiger charge is 2.30. The molecule has 0 unspecified atom stereocenters. The molecule has 0 saturated carbocycles. The maximum atomic E-state index is 12.7.